The first-order valence-electron chi connectivity index (χ1n) is 9.08. The maximum Gasteiger partial charge on any atom is 0.134 e. The summed E-state index contributed by atoms with van der Waals surface area (Å²) in [5.74, 6) is 3.45. The molecule has 0 atom stereocenters. The van der Waals surface area contributed by atoms with E-state index >= 15 is 0 Å². The van der Waals surface area contributed by atoms with Gasteiger partial charge in [-0.05, 0) is 30.8 Å². The van der Waals surface area contributed by atoms with Gasteiger partial charge in [-0.2, -0.15) is 0 Å². The Bertz CT molecular complexity index is 672. The molecule has 1 fully saturated rings. The van der Waals surface area contributed by atoms with Gasteiger partial charge in [-0.3, -0.25) is 0 Å². The van der Waals surface area contributed by atoms with Crippen molar-refractivity contribution in [1.29, 1.82) is 0 Å². The lowest BCUT2D eigenvalue weighted by atomic mass is 10.3. The average molecular weight is 357 g/mol. The molecular weight excluding hydrogens is 330 g/mol. The first kappa shape index (κ1) is 18.3. The Morgan fingerprint density at radius 1 is 1.04 bits per heavy atom. The van der Waals surface area contributed by atoms with Crippen LogP contribution in [0.15, 0.2) is 36.7 Å². The minimum atomic E-state index is 0.556. The lowest BCUT2D eigenvalue weighted by molar-refractivity contribution is 0.270. The third-order valence-corrected chi connectivity index (χ3v) is 4.53. The summed E-state index contributed by atoms with van der Waals surface area (Å²) in [6.07, 6.45) is 1.62. The molecule has 0 unspecified atom stereocenters. The van der Waals surface area contributed by atoms with E-state index in [9.17, 15) is 0 Å². The molecule has 7 heteroatoms. The molecule has 1 aliphatic rings. The zero-order valence-corrected chi connectivity index (χ0v) is 15.5. The molecule has 0 radical (unpaired) electrons. The number of hydrogen-bond donors (Lipinski definition) is 1. The van der Waals surface area contributed by atoms with Gasteiger partial charge in [0.25, 0.3) is 0 Å². The minimum Gasteiger partial charge on any atom is -0.497 e. The number of methoxy groups -OCH3 is 1. The summed E-state index contributed by atoms with van der Waals surface area (Å²) in [7, 11) is 1.65. The van der Waals surface area contributed by atoms with Gasteiger partial charge in [-0.25, -0.2) is 9.97 Å². The summed E-state index contributed by atoms with van der Waals surface area (Å²) in [5, 5.41) is 3.30. The Hall–Kier alpha value is -2.54. The summed E-state index contributed by atoms with van der Waals surface area (Å²) in [4.78, 5) is 13.5. The van der Waals surface area contributed by atoms with Crippen LogP contribution in [0.2, 0.25) is 0 Å². The fraction of sp³-hybridized carbons (Fsp3) is 0.474. The van der Waals surface area contributed by atoms with E-state index in [4.69, 9.17) is 9.47 Å². The van der Waals surface area contributed by atoms with Crippen molar-refractivity contribution in [3.8, 4) is 11.5 Å². The van der Waals surface area contributed by atoms with Gasteiger partial charge in [0.05, 0.1) is 13.7 Å². The molecule has 1 aromatic carbocycles. The van der Waals surface area contributed by atoms with Gasteiger partial charge in [0.2, 0.25) is 0 Å². The monoisotopic (exact) mass is 357 g/mol. The number of aromatic nitrogens is 2. The molecule has 1 aliphatic heterocycles. The largest absolute Gasteiger partial charge is 0.497 e. The maximum atomic E-state index is 5.72. The van der Waals surface area contributed by atoms with E-state index in [-0.39, 0.29) is 0 Å². The number of hydrogen-bond acceptors (Lipinski definition) is 7. The molecule has 7 nitrogen and oxygen atoms in total. The van der Waals surface area contributed by atoms with E-state index in [2.05, 4.69) is 32.0 Å². The van der Waals surface area contributed by atoms with Crippen molar-refractivity contribution in [2.24, 2.45) is 0 Å². The maximum absolute atomic E-state index is 5.72. The van der Waals surface area contributed by atoms with Crippen LogP contribution in [0.4, 0.5) is 11.6 Å². The first-order valence-corrected chi connectivity index (χ1v) is 9.08. The number of anilines is 2. The second-order valence-corrected chi connectivity index (χ2v) is 6.13. The molecule has 26 heavy (non-hydrogen) atoms. The van der Waals surface area contributed by atoms with Gasteiger partial charge in [-0.15, -0.1) is 0 Å². The Balaban J connectivity index is 1.45. The van der Waals surface area contributed by atoms with Gasteiger partial charge >= 0.3 is 0 Å². The normalized spacial score (nSPS) is 14.9. The topological polar surface area (TPSA) is 62.8 Å². The van der Waals surface area contributed by atoms with E-state index in [1.807, 2.05) is 30.3 Å². The quantitative estimate of drug-likeness (QED) is 0.726. The highest BCUT2D eigenvalue weighted by molar-refractivity contribution is 5.48. The lowest BCUT2D eigenvalue weighted by Gasteiger charge is -2.34. The van der Waals surface area contributed by atoms with Gasteiger partial charge in [0.15, 0.2) is 0 Å². The molecule has 2 heterocycles. The highest BCUT2D eigenvalue weighted by Crippen LogP contribution is 2.18. The molecule has 3 rings (SSSR count). The van der Waals surface area contributed by atoms with Crippen molar-refractivity contribution in [3.05, 3.63) is 36.7 Å². The van der Waals surface area contributed by atoms with Crippen LogP contribution in [0.1, 0.15) is 6.92 Å². The molecule has 0 aliphatic carbocycles. The van der Waals surface area contributed by atoms with E-state index in [0.717, 1.165) is 55.9 Å². The predicted molar refractivity (Wildman–Crippen MR) is 103 cm³/mol. The van der Waals surface area contributed by atoms with E-state index in [0.29, 0.717) is 13.2 Å². The standard InChI is InChI=1S/C19H27N5O2/c1-3-23-9-11-24(12-10-23)19-14-18(21-15-22-19)20-8-13-26-17-6-4-16(25-2)5-7-17/h4-7,14-15H,3,8-13H2,1-2H3,(H,20,21,22). The Morgan fingerprint density at radius 3 is 2.46 bits per heavy atom. The zero-order chi connectivity index (χ0) is 18.2. The number of nitrogens with one attached hydrogen (secondary N) is 1. The van der Waals surface area contributed by atoms with Crippen molar-refractivity contribution in [2.45, 2.75) is 6.92 Å². The van der Waals surface area contributed by atoms with Crippen LogP contribution in [-0.2, 0) is 0 Å². The van der Waals surface area contributed by atoms with Gasteiger partial charge in [0.1, 0.15) is 36.1 Å². The lowest BCUT2D eigenvalue weighted by Crippen LogP contribution is -2.46. The van der Waals surface area contributed by atoms with Crippen LogP contribution in [0.3, 0.4) is 0 Å². The molecule has 0 saturated carbocycles. The number of likely N-dealkylation sites (N-methyl/N-ethyl adjacent to an activating group) is 1. The highest BCUT2D eigenvalue weighted by Gasteiger charge is 2.17. The smallest absolute Gasteiger partial charge is 0.134 e. The van der Waals surface area contributed by atoms with Crippen molar-refractivity contribution >= 4 is 11.6 Å². The number of piperazine rings is 1. The van der Waals surface area contributed by atoms with Crippen molar-refractivity contribution in [2.75, 3.05) is 63.2 Å². The van der Waals surface area contributed by atoms with Crippen LogP contribution in [-0.4, -0.2) is 67.9 Å². The Morgan fingerprint density at radius 2 is 1.77 bits per heavy atom. The molecular formula is C19H27N5O2. The van der Waals surface area contributed by atoms with Gasteiger partial charge in [-0.1, -0.05) is 6.92 Å². The van der Waals surface area contributed by atoms with E-state index < -0.39 is 0 Å². The van der Waals surface area contributed by atoms with Crippen LogP contribution in [0.5, 0.6) is 11.5 Å². The third-order valence-electron chi connectivity index (χ3n) is 4.53. The highest BCUT2D eigenvalue weighted by atomic mass is 16.5. The Kier molecular flexibility index (Phi) is 6.49. The van der Waals surface area contributed by atoms with Crippen LogP contribution < -0.4 is 19.7 Å². The summed E-state index contributed by atoms with van der Waals surface area (Å²) >= 11 is 0. The fourth-order valence-electron chi connectivity index (χ4n) is 2.93. The molecule has 140 valence electrons. The number of rotatable bonds is 8. The number of nitrogens with zero attached hydrogens (tertiary/aromatic N) is 4. The molecule has 0 bridgehead atoms. The molecule has 1 N–H and O–H groups in total. The summed E-state index contributed by atoms with van der Waals surface area (Å²) in [6, 6.07) is 9.58. The molecule has 1 saturated heterocycles. The zero-order valence-electron chi connectivity index (χ0n) is 15.5. The number of benzene rings is 1. The first-order chi connectivity index (χ1) is 12.8. The van der Waals surface area contributed by atoms with E-state index in [1.54, 1.807) is 13.4 Å². The Labute approximate surface area is 155 Å². The van der Waals surface area contributed by atoms with Crippen LogP contribution in [0, 0.1) is 0 Å². The van der Waals surface area contributed by atoms with Gasteiger partial charge < -0.3 is 24.6 Å². The summed E-state index contributed by atoms with van der Waals surface area (Å²) in [6.45, 7) is 8.72. The van der Waals surface area contributed by atoms with Crippen molar-refractivity contribution in [3.63, 3.8) is 0 Å². The molecule has 1 aromatic heterocycles. The molecule has 0 spiro atoms. The molecule has 2 aromatic rings. The minimum absolute atomic E-state index is 0.556. The van der Waals surface area contributed by atoms with Crippen LogP contribution >= 0.6 is 0 Å². The third kappa shape index (κ3) is 4.98. The number of ether oxygens (including phenoxy) is 2. The fourth-order valence-corrected chi connectivity index (χ4v) is 2.93. The average Bonchev–Trinajstić information content (AvgIpc) is 2.72. The molecule has 0 amide bonds. The van der Waals surface area contributed by atoms with Crippen molar-refractivity contribution in [1.82, 2.24) is 14.9 Å². The predicted octanol–water partition coefficient (Wildman–Crippen LogP) is 2.12. The summed E-state index contributed by atoms with van der Waals surface area (Å²) < 4.78 is 10.9. The SMILES string of the molecule is CCN1CCN(c2cc(NCCOc3ccc(OC)cc3)ncn2)CC1. The van der Waals surface area contributed by atoms with Gasteiger partial charge in [0, 0.05) is 32.2 Å². The second-order valence-electron chi connectivity index (χ2n) is 6.13. The van der Waals surface area contributed by atoms with Crippen molar-refractivity contribution < 1.29 is 9.47 Å². The van der Waals surface area contributed by atoms with E-state index in [1.165, 1.54) is 0 Å². The van der Waals surface area contributed by atoms with Crippen LogP contribution in [0.25, 0.3) is 0 Å². The second kappa shape index (κ2) is 9.24. The summed E-state index contributed by atoms with van der Waals surface area (Å²) in [5.41, 5.74) is 0.